The number of aromatic nitrogens is 2. The van der Waals surface area contributed by atoms with Crippen molar-refractivity contribution in [2.24, 2.45) is 5.73 Å². The van der Waals surface area contributed by atoms with E-state index in [-0.39, 0.29) is 28.8 Å². The number of nitrogens with two attached hydrogens (primary N) is 1. The third kappa shape index (κ3) is 5.51. The lowest BCUT2D eigenvalue weighted by atomic mass is 9.75. The first-order valence-electron chi connectivity index (χ1n) is 11.7. The fraction of sp³-hybridized carbons (Fsp3) is 0.192. The van der Waals surface area contributed by atoms with Crippen LogP contribution in [0.1, 0.15) is 30.7 Å². The van der Waals surface area contributed by atoms with Crippen molar-refractivity contribution in [3.8, 4) is 6.07 Å². The second kappa shape index (κ2) is 11.6. The molecule has 1 atom stereocenters. The molecule has 1 amide bonds. The second-order valence-corrected chi connectivity index (χ2v) is 12.1. The number of anilines is 2. The van der Waals surface area contributed by atoms with Gasteiger partial charge in [-0.1, -0.05) is 64.0 Å². The molecule has 0 radical (unpaired) electrons. The van der Waals surface area contributed by atoms with Gasteiger partial charge >= 0.3 is 0 Å². The maximum Gasteiger partial charge on any atom is 0.234 e. The molecule has 2 heterocycles. The number of hydrogen-bond donors (Lipinski definition) is 2. The van der Waals surface area contributed by atoms with Gasteiger partial charge in [-0.05, 0) is 49.2 Å². The summed E-state index contributed by atoms with van der Waals surface area (Å²) in [6, 6.07) is 14.0. The third-order valence-electron chi connectivity index (χ3n) is 6.24. The van der Waals surface area contributed by atoms with Gasteiger partial charge in [0.05, 0.1) is 23.3 Å². The molecule has 0 bridgehead atoms. The van der Waals surface area contributed by atoms with Crippen molar-refractivity contribution >= 4 is 80.4 Å². The van der Waals surface area contributed by atoms with Crippen molar-refractivity contribution in [1.82, 2.24) is 10.2 Å². The van der Waals surface area contributed by atoms with Gasteiger partial charge in [0.25, 0.3) is 0 Å². The number of hydrogen-bond acceptors (Lipinski definition) is 9. The van der Waals surface area contributed by atoms with Crippen LogP contribution in [-0.4, -0.2) is 27.6 Å². The Labute approximate surface area is 247 Å². The molecule has 1 unspecified atom stereocenters. The van der Waals surface area contributed by atoms with Crippen LogP contribution in [0.2, 0.25) is 15.1 Å². The third-order valence-corrected chi connectivity index (χ3v) is 9.20. The van der Waals surface area contributed by atoms with E-state index in [9.17, 15) is 14.9 Å². The Morgan fingerprint density at radius 3 is 2.56 bits per heavy atom. The van der Waals surface area contributed by atoms with Crippen LogP contribution in [0.3, 0.4) is 0 Å². The number of carbonyl (C=O) groups excluding carboxylic acids is 2. The van der Waals surface area contributed by atoms with Crippen LogP contribution < -0.4 is 16.0 Å². The number of amides is 1. The van der Waals surface area contributed by atoms with Crippen LogP contribution in [0, 0.1) is 11.3 Å². The van der Waals surface area contributed by atoms with Crippen LogP contribution in [0.15, 0.2) is 69.5 Å². The number of Topliss-reactive ketones (excluding diaryl/α,β-unsaturated/α-hetero) is 1. The van der Waals surface area contributed by atoms with E-state index >= 15 is 0 Å². The zero-order valence-electron chi connectivity index (χ0n) is 20.1. The van der Waals surface area contributed by atoms with E-state index in [1.807, 2.05) is 0 Å². The number of nitrogens with zero attached hydrogens (tertiary/aromatic N) is 4. The Hall–Kier alpha value is -3.07. The van der Waals surface area contributed by atoms with Gasteiger partial charge in [0, 0.05) is 44.0 Å². The van der Waals surface area contributed by atoms with Crippen LogP contribution in [-0.2, 0) is 9.59 Å². The standard InChI is InChI=1S/C26H19Cl3N6O2S2/c27-13-7-9-14(10-8-13)32-20(37)12-38-26-34-33-25(39-26)35-18-5-2-6-19(36)23(18)21(15(11-30)24(35)31)22-16(28)3-1-4-17(22)29/h1,3-4,7-10,21H,2,5-6,12,31H2,(H,32,37). The van der Waals surface area contributed by atoms with Gasteiger partial charge in [0.2, 0.25) is 11.0 Å². The molecule has 3 N–H and O–H groups in total. The van der Waals surface area contributed by atoms with Crippen molar-refractivity contribution < 1.29 is 9.59 Å². The van der Waals surface area contributed by atoms with E-state index < -0.39 is 5.92 Å². The lowest BCUT2D eigenvalue weighted by molar-refractivity contribution is -0.116. The normalized spacial score (nSPS) is 17.2. The van der Waals surface area contributed by atoms with Gasteiger partial charge in [-0.2, -0.15) is 5.26 Å². The molecule has 8 nitrogen and oxygen atoms in total. The fourth-order valence-corrected chi connectivity index (χ4v) is 7.01. The van der Waals surface area contributed by atoms with Crippen molar-refractivity contribution in [2.75, 3.05) is 16.0 Å². The molecule has 13 heteroatoms. The average molecular weight is 618 g/mol. The molecular formula is C26H19Cl3N6O2S2. The molecule has 0 fully saturated rings. The number of nitrogens with one attached hydrogen (secondary N) is 1. The Bertz CT molecular complexity index is 1560. The van der Waals surface area contributed by atoms with E-state index in [1.165, 1.54) is 23.1 Å². The summed E-state index contributed by atoms with van der Waals surface area (Å²) >= 11 is 21.4. The summed E-state index contributed by atoms with van der Waals surface area (Å²) in [5.41, 5.74) is 8.94. The van der Waals surface area contributed by atoms with Crippen LogP contribution >= 0.6 is 57.9 Å². The summed E-state index contributed by atoms with van der Waals surface area (Å²) in [6.45, 7) is 0. The second-order valence-electron chi connectivity index (χ2n) is 8.65. The number of halogens is 3. The molecule has 0 saturated heterocycles. The molecule has 0 saturated carbocycles. The predicted molar refractivity (Wildman–Crippen MR) is 155 cm³/mol. The molecule has 3 aromatic rings. The average Bonchev–Trinajstić information content (AvgIpc) is 3.37. The van der Waals surface area contributed by atoms with E-state index in [2.05, 4.69) is 21.6 Å². The van der Waals surface area contributed by atoms with Crippen LogP contribution in [0.5, 0.6) is 0 Å². The Morgan fingerprint density at radius 1 is 1.15 bits per heavy atom. The van der Waals surface area contributed by atoms with Crippen molar-refractivity contribution in [3.05, 3.63) is 85.8 Å². The zero-order valence-corrected chi connectivity index (χ0v) is 24.0. The highest BCUT2D eigenvalue weighted by molar-refractivity contribution is 8.01. The molecule has 198 valence electrons. The van der Waals surface area contributed by atoms with E-state index in [4.69, 9.17) is 40.5 Å². The molecule has 2 aliphatic rings. The van der Waals surface area contributed by atoms with Crippen molar-refractivity contribution in [1.29, 1.82) is 5.26 Å². The number of benzene rings is 2. The lowest BCUT2D eigenvalue weighted by Gasteiger charge is -2.38. The highest BCUT2D eigenvalue weighted by Crippen LogP contribution is 2.49. The number of allylic oxidation sites excluding steroid dienone is 3. The van der Waals surface area contributed by atoms with E-state index in [0.717, 1.165) is 0 Å². The van der Waals surface area contributed by atoms with Crippen molar-refractivity contribution in [2.45, 2.75) is 29.5 Å². The number of thioether (sulfide) groups is 1. The van der Waals surface area contributed by atoms with Gasteiger partial charge < -0.3 is 11.1 Å². The number of rotatable bonds is 6. The smallest absolute Gasteiger partial charge is 0.234 e. The quantitative estimate of drug-likeness (QED) is 0.299. The maximum atomic E-state index is 13.3. The Kier molecular flexibility index (Phi) is 8.16. The summed E-state index contributed by atoms with van der Waals surface area (Å²) in [5, 5.41) is 23.1. The van der Waals surface area contributed by atoms with Gasteiger partial charge in [0.1, 0.15) is 5.82 Å². The minimum Gasteiger partial charge on any atom is -0.384 e. The highest BCUT2D eigenvalue weighted by Gasteiger charge is 2.42. The molecule has 5 rings (SSSR count). The first-order chi connectivity index (χ1) is 18.8. The Balaban J connectivity index is 1.45. The largest absolute Gasteiger partial charge is 0.384 e. The summed E-state index contributed by atoms with van der Waals surface area (Å²) < 4.78 is 0.531. The van der Waals surface area contributed by atoms with E-state index in [0.29, 0.717) is 66.3 Å². The monoisotopic (exact) mass is 616 g/mol. The predicted octanol–water partition coefficient (Wildman–Crippen LogP) is 6.53. The minimum absolute atomic E-state index is 0.0968. The van der Waals surface area contributed by atoms with Crippen LogP contribution in [0.4, 0.5) is 10.8 Å². The Morgan fingerprint density at radius 2 is 1.87 bits per heavy atom. The van der Waals surface area contributed by atoms with E-state index in [1.54, 1.807) is 47.4 Å². The summed E-state index contributed by atoms with van der Waals surface area (Å²) in [7, 11) is 0. The molecule has 1 aliphatic heterocycles. The molecule has 1 aliphatic carbocycles. The summed E-state index contributed by atoms with van der Waals surface area (Å²) in [5.74, 6) is -0.856. The topological polar surface area (TPSA) is 125 Å². The van der Waals surface area contributed by atoms with Gasteiger partial charge in [-0.25, -0.2) is 0 Å². The number of nitriles is 1. The molecular weight excluding hydrogens is 599 g/mol. The minimum atomic E-state index is -0.784. The molecule has 2 aromatic carbocycles. The molecule has 1 aromatic heterocycles. The van der Waals surface area contributed by atoms with Crippen LogP contribution in [0.25, 0.3) is 0 Å². The SMILES string of the molecule is N#CC1=C(N)N(c2nnc(SCC(=O)Nc3ccc(Cl)cc3)s2)C2=C(C(=O)CCC2)C1c1c(Cl)cccc1Cl. The zero-order chi connectivity index (χ0) is 27.7. The molecule has 0 spiro atoms. The van der Waals surface area contributed by atoms with Crippen molar-refractivity contribution in [3.63, 3.8) is 0 Å². The van der Waals surface area contributed by atoms with Gasteiger partial charge in [-0.15, -0.1) is 10.2 Å². The first-order valence-corrected chi connectivity index (χ1v) is 14.6. The number of carbonyl (C=O) groups is 2. The first kappa shape index (κ1) is 27.5. The van der Waals surface area contributed by atoms with Gasteiger partial charge in [0.15, 0.2) is 10.1 Å². The number of ketones is 1. The highest BCUT2D eigenvalue weighted by atomic mass is 35.5. The van der Waals surface area contributed by atoms with Gasteiger partial charge in [-0.3, -0.25) is 14.5 Å². The molecule has 39 heavy (non-hydrogen) atoms. The lowest BCUT2D eigenvalue weighted by Crippen LogP contribution is -2.38. The maximum absolute atomic E-state index is 13.3. The fourth-order valence-electron chi connectivity index (χ4n) is 4.59. The summed E-state index contributed by atoms with van der Waals surface area (Å²) in [4.78, 5) is 27.3. The summed E-state index contributed by atoms with van der Waals surface area (Å²) in [6.07, 6.45) is 1.51.